The minimum absolute atomic E-state index is 0.0334. The van der Waals surface area contributed by atoms with Gasteiger partial charge in [0.25, 0.3) is 0 Å². The Balaban J connectivity index is 1.65. The number of carbonyl (C=O) groups excluding carboxylic acids is 1. The Kier molecular flexibility index (Phi) is 5.37. The number of alkyl halides is 3. The number of hydrogen-bond donors (Lipinski definition) is 1. The van der Waals surface area contributed by atoms with E-state index in [1.54, 1.807) is 43.5 Å². The van der Waals surface area contributed by atoms with Gasteiger partial charge in [0.15, 0.2) is 0 Å². The molecule has 2 aromatic heterocycles. The van der Waals surface area contributed by atoms with Gasteiger partial charge in [0, 0.05) is 25.5 Å². The molecule has 1 fully saturated rings. The first-order valence-corrected chi connectivity index (χ1v) is 9.12. The van der Waals surface area contributed by atoms with Crippen molar-refractivity contribution >= 4 is 29.3 Å². The van der Waals surface area contributed by atoms with Crippen molar-refractivity contribution in [2.24, 2.45) is 0 Å². The molecule has 3 rings (SSSR count). The summed E-state index contributed by atoms with van der Waals surface area (Å²) in [6.07, 6.45) is -2.70. The largest absolute Gasteiger partial charge is 0.444 e. The molecule has 0 bridgehead atoms. The molecule has 0 radical (unpaired) electrons. The van der Waals surface area contributed by atoms with Gasteiger partial charge in [-0.05, 0) is 27.7 Å². The smallest absolute Gasteiger partial charge is 0.420 e. The maximum Gasteiger partial charge on any atom is 0.420 e. The van der Waals surface area contributed by atoms with Crippen LogP contribution in [0.3, 0.4) is 0 Å². The second kappa shape index (κ2) is 7.36. The fourth-order valence-corrected chi connectivity index (χ4v) is 2.86. The van der Waals surface area contributed by atoms with Crippen molar-refractivity contribution in [1.82, 2.24) is 24.6 Å². The molecular formula is C17H20ClF3N6O2. The lowest BCUT2D eigenvalue weighted by Crippen LogP contribution is -2.52. The number of aromatic nitrogens is 4. The van der Waals surface area contributed by atoms with Crippen LogP contribution < -0.4 is 5.32 Å². The lowest BCUT2D eigenvalue weighted by Gasteiger charge is -2.39. The SMILES string of the molecule is Cc1nn(C2CN(C(=O)OC(C)(C)C)C2)cc1Nc1ncc(C(F)(F)F)c(Cl)n1. The van der Waals surface area contributed by atoms with Crippen molar-refractivity contribution in [2.45, 2.75) is 45.5 Å². The molecule has 29 heavy (non-hydrogen) atoms. The van der Waals surface area contributed by atoms with Crippen LogP contribution in [0.15, 0.2) is 12.4 Å². The van der Waals surface area contributed by atoms with Crippen molar-refractivity contribution in [3.8, 4) is 0 Å². The minimum atomic E-state index is -4.62. The Morgan fingerprint density at radius 3 is 2.52 bits per heavy atom. The van der Waals surface area contributed by atoms with Crippen molar-refractivity contribution in [3.05, 3.63) is 28.8 Å². The van der Waals surface area contributed by atoms with E-state index < -0.39 is 22.5 Å². The summed E-state index contributed by atoms with van der Waals surface area (Å²) in [6, 6.07) is -0.0334. The van der Waals surface area contributed by atoms with Gasteiger partial charge in [-0.25, -0.2) is 14.8 Å². The van der Waals surface area contributed by atoms with Gasteiger partial charge in [0.2, 0.25) is 5.95 Å². The maximum absolute atomic E-state index is 12.8. The molecule has 158 valence electrons. The van der Waals surface area contributed by atoms with Crippen molar-refractivity contribution in [3.63, 3.8) is 0 Å². The number of nitrogens with zero attached hydrogens (tertiary/aromatic N) is 5. The Morgan fingerprint density at radius 2 is 1.97 bits per heavy atom. The average Bonchev–Trinajstić information content (AvgIpc) is 2.83. The van der Waals surface area contributed by atoms with Crippen molar-refractivity contribution in [1.29, 1.82) is 0 Å². The number of amides is 1. The molecule has 0 spiro atoms. The number of aryl methyl sites for hydroxylation is 1. The predicted octanol–water partition coefficient (Wildman–Crippen LogP) is 4.19. The van der Waals surface area contributed by atoms with Gasteiger partial charge >= 0.3 is 12.3 Å². The highest BCUT2D eigenvalue weighted by Gasteiger charge is 2.36. The van der Waals surface area contributed by atoms with Crippen LogP contribution in [0, 0.1) is 6.92 Å². The summed E-state index contributed by atoms with van der Waals surface area (Å²) in [4.78, 5) is 20.9. The summed E-state index contributed by atoms with van der Waals surface area (Å²) in [5.74, 6) is -0.0744. The van der Waals surface area contributed by atoms with Crippen LogP contribution in [-0.4, -0.2) is 49.4 Å². The lowest BCUT2D eigenvalue weighted by atomic mass is 10.1. The van der Waals surface area contributed by atoms with E-state index >= 15 is 0 Å². The topological polar surface area (TPSA) is 85.2 Å². The Morgan fingerprint density at radius 1 is 1.31 bits per heavy atom. The zero-order chi connectivity index (χ0) is 21.6. The average molecular weight is 433 g/mol. The van der Waals surface area contributed by atoms with Crippen LogP contribution in [0.25, 0.3) is 0 Å². The van der Waals surface area contributed by atoms with Gasteiger partial charge in [0.05, 0.1) is 17.4 Å². The number of nitrogens with one attached hydrogen (secondary N) is 1. The molecule has 1 aliphatic rings. The highest BCUT2D eigenvalue weighted by atomic mass is 35.5. The number of anilines is 2. The third kappa shape index (κ3) is 4.89. The predicted molar refractivity (Wildman–Crippen MR) is 99.1 cm³/mol. The third-order valence-electron chi connectivity index (χ3n) is 4.10. The molecule has 0 aromatic carbocycles. The second-order valence-electron chi connectivity index (χ2n) is 7.67. The second-order valence-corrected chi connectivity index (χ2v) is 8.03. The van der Waals surface area contributed by atoms with E-state index in [1.165, 1.54) is 0 Å². The number of likely N-dealkylation sites (tertiary alicyclic amines) is 1. The molecule has 0 unspecified atom stereocenters. The monoisotopic (exact) mass is 432 g/mol. The van der Waals surface area contributed by atoms with Gasteiger partial charge in [-0.15, -0.1) is 0 Å². The van der Waals surface area contributed by atoms with Gasteiger partial charge in [-0.3, -0.25) is 4.68 Å². The van der Waals surface area contributed by atoms with Gasteiger partial charge in [0.1, 0.15) is 16.3 Å². The first kappa shape index (κ1) is 21.2. The molecule has 1 aliphatic heterocycles. The zero-order valence-corrected chi connectivity index (χ0v) is 17.0. The molecule has 8 nitrogen and oxygen atoms in total. The highest BCUT2D eigenvalue weighted by molar-refractivity contribution is 6.30. The quantitative estimate of drug-likeness (QED) is 0.732. The van der Waals surface area contributed by atoms with E-state index in [0.717, 1.165) is 0 Å². The normalized spacial score (nSPS) is 15.2. The van der Waals surface area contributed by atoms with E-state index in [-0.39, 0.29) is 18.1 Å². The molecule has 0 saturated carbocycles. The standard InChI is InChI=1S/C17H20ClF3N6O2/c1-9-12(23-14-22-5-11(13(18)24-14)17(19,20)21)8-27(25-9)10-6-26(7-10)15(28)29-16(2,3)4/h5,8,10H,6-7H2,1-4H3,(H,22,23,24). The summed E-state index contributed by atoms with van der Waals surface area (Å²) >= 11 is 5.62. The summed E-state index contributed by atoms with van der Waals surface area (Å²) in [5, 5.41) is 6.51. The fraction of sp³-hybridized carbons (Fsp3) is 0.529. The molecule has 3 heterocycles. The zero-order valence-electron chi connectivity index (χ0n) is 16.2. The van der Waals surface area contributed by atoms with Crippen molar-refractivity contribution in [2.75, 3.05) is 18.4 Å². The molecule has 1 saturated heterocycles. The maximum atomic E-state index is 12.8. The van der Waals surface area contributed by atoms with Crippen LogP contribution in [0.1, 0.15) is 38.1 Å². The number of halogens is 4. The van der Waals surface area contributed by atoms with Crippen LogP contribution in [-0.2, 0) is 10.9 Å². The van der Waals surface area contributed by atoms with E-state index in [1.807, 2.05) is 0 Å². The number of rotatable bonds is 3. The van der Waals surface area contributed by atoms with Crippen LogP contribution in [0.4, 0.5) is 29.6 Å². The number of hydrogen-bond acceptors (Lipinski definition) is 6. The lowest BCUT2D eigenvalue weighted by molar-refractivity contribution is -0.137. The van der Waals surface area contributed by atoms with E-state index in [4.69, 9.17) is 16.3 Å². The number of carbonyl (C=O) groups is 1. The van der Waals surface area contributed by atoms with Crippen LogP contribution in [0.2, 0.25) is 5.15 Å². The number of ether oxygens (including phenoxy) is 1. The molecule has 12 heteroatoms. The molecule has 1 amide bonds. The first-order valence-electron chi connectivity index (χ1n) is 8.74. The Bertz CT molecular complexity index is 919. The fourth-order valence-electron chi connectivity index (χ4n) is 2.62. The van der Waals surface area contributed by atoms with Crippen LogP contribution in [0.5, 0.6) is 0 Å². The van der Waals surface area contributed by atoms with E-state index in [0.29, 0.717) is 30.7 Å². The molecule has 1 N–H and O–H groups in total. The van der Waals surface area contributed by atoms with Crippen molar-refractivity contribution < 1.29 is 22.7 Å². The molecular weight excluding hydrogens is 413 g/mol. The minimum Gasteiger partial charge on any atom is -0.444 e. The van der Waals surface area contributed by atoms with Gasteiger partial charge in [-0.1, -0.05) is 11.6 Å². The summed E-state index contributed by atoms with van der Waals surface area (Å²) < 4.78 is 45.3. The molecule has 0 atom stereocenters. The first-order chi connectivity index (χ1) is 13.3. The third-order valence-corrected chi connectivity index (χ3v) is 4.39. The highest BCUT2D eigenvalue weighted by Crippen LogP contribution is 2.34. The molecule has 2 aromatic rings. The summed E-state index contributed by atoms with van der Waals surface area (Å²) in [6.45, 7) is 8.01. The summed E-state index contributed by atoms with van der Waals surface area (Å²) in [7, 11) is 0. The summed E-state index contributed by atoms with van der Waals surface area (Å²) in [5.41, 5.74) is -0.546. The van der Waals surface area contributed by atoms with Gasteiger partial charge in [-0.2, -0.15) is 18.3 Å². The van der Waals surface area contributed by atoms with E-state index in [9.17, 15) is 18.0 Å². The molecule has 0 aliphatic carbocycles. The van der Waals surface area contributed by atoms with Gasteiger partial charge < -0.3 is 15.0 Å². The Labute approximate surface area is 170 Å². The van der Waals surface area contributed by atoms with Crippen LogP contribution >= 0.6 is 11.6 Å². The van der Waals surface area contributed by atoms with E-state index in [2.05, 4.69) is 20.4 Å². The Hall–Kier alpha value is -2.56.